The molecule has 0 aromatic heterocycles. The van der Waals surface area contributed by atoms with E-state index in [-0.39, 0.29) is 10.6 Å². The topological polar surface area (TPSA) is 84.9 Å². The van der Waals surface area contributed by atoms with E-state index in [2.05, 4.69) is 0 Å². The molecule has 0 saturated heterocycles. The fourth-order valence-corrected chi connectivity index (χ4v) is 2.56. The third-order valence-corrected chi connectivity index (χ3v) is 3.90. The number of hydrogen-bond acceptors (Lipinski definition) is 5. The van der Waals surface area contributed by atoms with Crippen molar-refractivity contribution in [3.63, 3.8) is 0 Å². The summed E-state index contributed by atoms with van der Waals surface area (Å²) in [5, 5.41) is 8.92. The number of sulfonamides is 1. The molecule has 1 unspecified atom stereocenters. The first-order valence-electron chi connectivity index (χ1n) is 5.49. The molecule has 1 atom stereocenters. The first-order chi connectivity index (χ1) is 9.31. The Hall–Kier alpha value is -1.45. The van der Waals surface area contributed by atoms with E-state index in [4.69, 9.17) is 14.6 Å². The number of hydrogen-bond donors (Lipinski definition) is 2. The summed E-state index contributed by atoms with van der Waals surface area (Å²) in [6.07, 6.45) is -5.11. The van der Waals surface area contributed by atoms with E-state index in [9.17, 15) is 17.2 Å². The molecule has 2 N–H and O–H groups in total. The van der Waals surface area contributed by atoms with Gasteiger partial charge in [0.2, 0.25) is 10.0 Å². The van der Waals surface area contributed by atoms with Crippen molar-refractivity contribution in [2.45, 2.75) is 17.4 Å². The van der Waals surface area contributed by atoms with Crippen LogP contribution in [0.4, 0.5) is 8.78 Å². The maximum Gasteiger partial charge on any atom is 0.265 e. The number of aliphatic hydroxyl groups is 1. The van der Waals surface area contributed by atoms with Crippen LogP contribution in [0.25, 0.3) is 0 Å². The fourth-order valence-electron chi connectivity index (χ4n) is 1.36. The summed E-state index contributed by atoms with van der Waals surface area (Å²) in [5.41, 5.74) is 0. The van der Waals surface area contributed by atoms with Gasteiger partial charge < -0.3 is 14.6 Å². The Morgan fingerprint density at radius 1 is 1.30 bits per heavy atom. The van der Waals surface area contributed by atoms with Gasteiger partial charge in [-0.05, 0) is 12.1 Å². The highest BCUT2D eigenvalue weighted by molar-refractivity contribution is 7.89. The third-order valence-electron chi connectivity index (χ3n) is 2.43. The highest BCUT2D eigenvalue weighted by Gasteiger charge is 2.24. The Kier molecular flexibility index (Phi) is 5.66. The summed E-state index contributed by atoms with van der Waals surface area (Å²) in [4.78, 5) is -0.234. The maximum atomic E-state index is 12.1. The number of nitrogens with one attached hydrogen (secondary N) is 1. The maximum absolute atomic E-state index is 12.1. The van der Waals surface area contributed by atoms with Crippen molar-refractivity contribution in [3.05, 3.63) is 18.2 Å². The summed E-state index contributed by atoms with van der Waals surface area (Å²) in [7, 11) is -1.41. The normalized spacial score (nSPS) is 13.3. The minimum absolute atomic E-state index is 0.00314. The van der Waals surface area contributed by atoms with E-state index in [0.717, 1.165) is 0 Å². The molecule has 0 amide bonds. The predicted octanol–water partition coefficient (Wildman–Crippen LogP) is 0.608. The van der Waals surface area contributed by atoms with Crippen LogP contribution in [-0.2, 0) is 10.0 Å². The number of methoxy groups -OCH3 is 2. The highest BCUT2D eigenvalue weighted by Crippen LogP contribution is 2.28. The van der Waals surface area contributed by atoms with Gasteiger partial charge in [-0.25, -0.2) is 21.9 Å². The molecule has 0 spiro atoms. The zero-order valence-corrected chi connectivity index (χ0v) is 11.7. The summed E-state index contributed by atoms with van der Waals surface area (Å²) in [5.74, 6) is 0.386. The predicted molar refractivity (Wildman–Crippen MR) is 66.7 cm³/mol. The second-order valence-corrected chi connectivity index (χ2v) is 5.51. The Balaban J connectivity index is 2.97. The molecule has 0 fully saturated rings. The Labute approximate surface area is 115 Å². The molecule has 1 rings (SSSR count). The Morgan fingerprint density at radius 3 is 2.45 bits per heavy atom. The molecule has 1 aromatic rings. The van der Waals surface area contributed by atoms with Gasteiger partial charge in [0, 0.05) is 12.6 Å². The van der Waals surface area contributed by atoms with E-state index in [1.54, 1.807) is 0 Å². The lowest BCUT2D eigenvalue weighted by Crippen LogP contribution is -2.35. The van der Waals surface area contributed by atoms with Gasteiger partial charge in [0.15, 0.2) is 0 Å². The molecule has 0 saturated carbocycles. The molecule has 9 heteroatoms. The summed E-state index contributed by atoms with van der Waals surface area (Å²) < 4.78 is 59.9. The van der Waals surface area contributed by atoms with Gasteiger partial charge >= 0.3 is 0 Å². The van der Waals surface area contributed by atoms with Crippen molar-refractivity contribution in [2.24, 2.45) is 0 Å². The van der Waals surface area contributed by atoms with Gasteiger partial charge in [0.05, 0.1) is 14.2 Å². The lowest BCUT2D eigenvalue weighted by molar-refractivity contribution is -0.000454. The number of alkyl halides is 2. The van der Waals surface area contributed by atoms with E-state index in [1.807, 2.05) is 4.72 Å². The minimum Gasteiger partial charge on any atom is -0.497 e. The number of rotatable bonds is 7. The van der Waals surface area contributed by atoms with E-state index < -0.39 is 29.1 Å². The molecule has 0 bridgehead atoms. The average Bonchev–Trinajstić information content (AvgIpc) is 2.43. The second-order valence-electron chi connectivity index (χ2n) is 3.77. The summed E-state index contributed by atoms with van der Waals surface area (Å²) in [6, 6.07) is 3.95. The average molecular weight is 311 g/mol. The fraction of sp³-hybridized carbons (Fsp3) is 0.455. The van der Waals surface area contributed by atoms with Crippen LogP contribution in [0.5, 0.6) is 11.5 Å². The van der Waals surface area contributed by atoms with Gasteiger partial charge in [0.1, 0.15) is 22.5 Å². The van der Waals surface area contributed by atoms with Crippen LogP contribution in [0.1, 0.15) is 0 Å². The van der Waals surface area contributed by atoms with Crippen molar-refractivity contribution >= 4 is 10.0 Å². The Morgan fingerprint density at radius 2 is 1.95 bits per heavy atom. The largest absolute Gasteiger partial charge is 0.497 e. The van der Waals surface area contributed by atoms with Crippen LogP contribution in [0.3, 0.4) is 0 Å². The van der Waals surface area contributed by atoms with E-state index in [1.165, 1.54) is 32.4 Å². The van der Waals surface area contributed by atoms with Crippen LogP contribution in [-0.4, -0.2) is 46.8 Å². The monoisotopic (exact) mass is 311 g/mol. The second kappa shape index (κ2) is 6.82. The number of halogens is 2. The van der Waals surface area contributed by atoms with Gasteiger partial charge in [-0.3, -0.25) is 0 Å². The zero-order chi connectivity index (χ0) is 15.3. The zero-order valence-electron chi connectivity index (χ0n) is 10.8. The van der Waals surface area contributed by atoms with Crippen molar-refractivity contribution < 1.29 is 31.8 Å². The van der Waals surface area contributed by atoms with Gasteiger partial charge in [0.25, 0.3) is 6.43 Å². The van der Waals surface area contributed by atoms with Crippen LogP contribution in [0.2, 0.25) is 0 Å². The molecule has 0 aliphatic carbocycles. The van der Waals surface area contributed by atoms with Crippen LogP contribution < -0.4 is 14.2 Å². The molecular formula is C11H15F2NO5S. The molecule has 0 aliphatic rings. The number of benzene rings is 1. The molecule has 6 nitrogen and oxygen atoms in total. The third kappa shape index (κ3) is 4.02. The first-order valence-corrected chi connectivity index (χ1v) is 6.98. The summed E-state index contributed by atoms with van der Waals surface area (Å²) in [6.45, 7) is -0.796. The molecule has 0 heterocycles. The molecular weight excluding hydrogens is 296 g/mol. The Bertz CT molecular complexity index is 550. The van der Waals surface area contributed by atoms with Crippen molar-refractivity contribution in [2.75, 3.05) is 20.8 Å². The van der Waals surface area contributed by atoms with Gasteiger partial charge in [-0.15, -0.1) is 0 Å². The van der Waals surface area contributed by atoms with Gasteiger partial charge in [-0.1, -0.05) is 0 Å². The number of ether oxygens (including phenoxy) is 2. The lowest BCUT2D eigenvalue weighted by Gasteiger charge is -2.14. The van der Waals surface area contributed by atoms with Crippen molar-refractivity contribution in [1.29, 1.82) is 0 Å². The molecule has 20 heavy (non-hydrogen) atoms. The van der Waals surface area contributed by atoms with E-state index >= 15 is 0 Å². The van der Waals surface area contributed by atoms with Crippen LogP contribution >= 0.6 is 0 Å². The number of aliphatic hydroxyl groups excluding tert-OH is 1. The minimum atomic E-state index is -4.08. The quantitative estimate of drug-likeness (QED) is 0.770. The van der Waals surface area contributed by atoms with Gasteiger partial charge in [-0.2, -0.15) is 0 Å². The molecule has 1 aromatic carbocycles. The highest BCUT2D eigenvalue weighted by atomic mass is 32.2. The standard InChI is InChI=1S/C11H15F2NO5S/c1-18-7-3-4-10(9(5-7)19-2)20(16,17)14-6-8(15)11(12)13/h3-5,8,11,14-15H,6H2,1-2H3. The molecule has 0 aliphatic heterocycles. The smallest absolute Gasteiger partial charge is 0.265 e. The van der Waals surface area contributed by atoms with Crippen LogP contribution in [0.15, 0.2) is 23.1 Å². The van der Waals surface area contributed by atoms with Crippen molar-refractivity contribution in [3.8, 4) is 11.5 Å². The lowest BCUT2D eigenvalue weighted by atomic mass is 10.3. The van der Waals surface area contributed by atoms with Crippen molar-refractivity contribution in [1.82, 2.24) is 4.72 Å². The molecule has 114 valence electrons. The first kappa shape index (κ1) is 16.6. The van der Waals surface area contributed by atoms with Crippen LogP contribution in [0, 0.1) is 0 Å². The molecule has 0 radical (unpaired) electrons. The SMILES string of the molecule is COc1ccc(S(=O)(=O)NCC(O)C(F)F)c(OC)c1. The summed E-state index contributed by atoms with van der Waals surface area (Å²) >= 11 is 0. The van der Waals surface area contributed by atoms with E-state index in [0.29, 0.717) is 5.75 Å².